The minimum atomic E-state index is -4.44. The highest BCUT2D eigenvalue weighted by Crippen LogP contribution is 2.42. The van der Waals surface area contributed by atoms with E-state index < -0.39 is 11.9 Å². The predicted octanol–water partition coefficient (Wildman–Crippen LogP) is 3.45. The number of nitrogens with one attached hydrogen (secondary N) is 1. The van der Waals surface area contributed by atoms with E-state index in [0.29, 0.717) is 5.69 Å². The van der Waals surface area contributed by atoms with Gasteiger partial charge in [-0.15, -0.1) is 0 Å². The molecule has 1 aromatic carbocycles. The number of hydrogen-bond donors (Lipinski definition) is 1. The molecule has 1 amide bonds. The van der Waals surface area contributed by atoms with Crippen LogP contribution in [0.25, 0.3) is 0 Å². The molecule has 0 atom stereocenters. The van der Waals surface area contributed by atoms with Crippen LogP contribution in [-0.4, -0.2) is 22.2 Å². The van der Waals surface area contributed by atoms with Gasteiger partial charge in [-0.05, 0) is 31.4 Å². The number of benzene rings is 1. The Morgan fingerprint density at radius 3 is 2.72 bits per heavy atom. The predicted molar refractivity (Wildman–Crippen MR) is 87.1 cm³/mol. The van der Waals surface area contributed by atoms with E-state index in [-0.39, 0.29) is 31.3 Å². The molecule has 2 aromatic rings. The highest BCUT2D eigenvalue weighted by atomic mass is 19.4. The fourth-order valence-corrected chi connectivity index (χ4v) is 2.83. The van der Waals surface area contributed by atoms with Gasteiger partial charge in [0.05, 0.1) is 13.0 Å². The standard InChI is InChI=1S/C18H20F3N3O/c1-12-3-2-4-13(9-12)10-17(25)22-7-8-24-15(14-5-6-14)11-16(23-24)18(19,20)21/h2-4,9,11,14H,5-8,10H2,1H3,(H,22,25). The number of carbonyl (C=O) groups is 1. The number of hydrogen-bond acceptors (Lipinski definition) is 2. The monoisotopic (exact) mass is 351 g/mol. The van der Waals surface area contributed by atoms with Gasteiger partial charge in [0.15, 0.2) is 5.69 Å². The molecule has 0 aliphatic heterocycles. The molecule has 7 heteroatoms. The highest BCUT2D eigenvalue weighted by Gasteiger charge is 2.37. The molecule has 4 nitrogen and oxygen atoms in total. The van der Waals surface area contributed by atoms with Gasteiger partial charge in [0.1, 0.15) is 0 Å². The van der Waals surface area contributed by atoms with Crippen LogP contribution in [-0.2, 0) is 23.9 Å². The average Bonchev–Trinajstić information content (AvgIpc) is 3.26. The van der Waals surface area contributed by atoms with Crippen molar-refractivity contribution >= 4 is 5.91 Å². The summed E-state index contributed by atoms with van der Waals surface area (Å²) in [5.41, 5.74) is 1.74. The molecule has 0 unspecified atom stereocenters. The number of halogens is 3. The highest BCUT2D eigenvalue weighted by molar-refractivity contribution is 5.78. The minimum Gasteiger partial charge on any atom is -0.354 e. The molecule has 1 fully saturated rings. The van der Waals surface area contributed by atoms with E-state index in [0.717, 1.165) is 30.0 Å². The van der Waals surface area contributed by atoms with E-state index in [1.165, 1.54) is 4.68 Å². The van der Waals surface area contributed by atoms with Crippen LogP contribution < -0.4 is 5.32 Å². The number of alkyl halides is 3. The third-order valence-corrected chi connectivity index (χ3v) is 4.19. The Labute approximate surface area is 144 Å². The zero-order valence-electron chi connectivity index (χ0n) is 13.9. The van der Waals surface area contributed by atoms with Gasteiger partial charge in [0.25, 0.3) is 0 Å². The lowest BCUT2D eigenvalue weighted by Gasteiger charge is -2.09. The van der Waals surface area contributed by atoms with Crippen molar-refractivity contribution in [1.29, 1.82) is 0 Å². The van der Waals surface area contributed by atoms with Crippen molar-refractivity contribution in [3.05, 3.63) is 52.8 Å². The van der Waals surface area contributed by atoms with Crippen LogP contribution in [0.4, 0.5) is 13.2 Å². The Balaban J connectivity index is 1.56. The Morgan fingerprint density at radius 1 is 1.32 bits per heavy atom. The summed E-state index contributed by atoms with van der Waals surface area (Å²) in [6.07, 6.45) is -2.40. The SMILES string of the molecule is Cc1cccc(CC(=O)NCCn2nc(C(F)(F)F)cc2C2CC2)c1. The summed E-state index contributed by atoms with van der Waals surface area (Å²) < 4.78 is 39.9. The summed E-state index contributed by atoms with van der Waals surface area (Å²) in [5.74, 6) is 0.00775. The molecule has 1 aliphatic rings. The molecule has 134 valence electrons. The molecule has 3 rings (SSSR count). The van der Waals surface area contributed by atoms with Crippen molar-refractivity contribution in [3.63, 3.8) is 0 Å². The second kappa shape index (κ2) is 6.90. The second-order valence-electron chi connectivity index (χ2n) is 6.47. The molecule has 0 spiro atoms. The summed E-state index contributed by atoms with van der Waals surface area (Å²) in [4.78, 5) is 12.0. The van der Waals surface area contributed by atoms with Gasteiger partial charge in [0, 0.05) is 18.2 Å². The zero-order chi connectivity index (χ0) is 18.0. The Kier molecular flexibility index (Phi) is 4.83. The minimum absolute atomic E-state index is 0.151. The first-order valence-corrected chi connectivity index (χ1v) is 8.30. The molecular formula is C18H20F3N3O. The number of aryl methyl sites for hydroxylation is 1. The van der Waals surface area contributed by atoms with Crippen molar-refractivity contribution in [2.75, 3.05) is 6.54 Å². The maximum Gasteiger partial charge on any atom is 0.435 e. The van der Waals surface area contributed by atoms with Gasteiger partial charge in [-0.3, -0.25) is 9.48 Å². The molecule has 1 aliphatic carbocycles. The van der Waals surface area contributed by atoms with Gasteiger partial charge < -0.3 is 5.32 Å². The van der Waals surface area contributed by atoms with Crippen LogP contribution in [0, 0.1) is 6.92 Å². The smallest absolute Gasteiger partial charge is 0.354 e. The van der Waals surface area contributed by atoms with Gasteiger partial charge in [-0.2, -0.15) is 18.3 Å². The van der Waals surface area contributed by atoms with Gasteiger partial charge in [-0.25, -0.2) is 0 Å². The van der Waals surface area contributed by atoms with Crippen LogP contribution >= 0.6 is 0 Å². The lowest BCUT2D eigenvalue weighted by Crippen LogP contribution is -2.29. The van der Waals surface area contributed by atoms with Gasteiger partial charge in [-0.1, -0.05) is 29.8 Å². The van der Waals surface area contributed by atoms with E-state index in [2.05, 4.69) is 10.4 Å². The van der Waals surface area contributed by atoms with Crippen LogP contribution in [0.1, 0.15) is 41.3 Å². The fourth-order valence-electron chi connectivity index (χ4n) is 2.83. The largest absolute Gasteiger partial charge is 0.435 e. The van der Waals surface area contributed by atoms with Gasteiger partial charge in [0.2, 0.25) is 5.91 Å². The molecule has 1 aromatic heterocycles. The first-order chi connectivity index (χ1) is 11.8. The molecule has 0 saturated heterocycles. The molecule has 0 bridgehead atoms. The first kappa shape index (κ1) is 17.5. The summed E-state index contributed by atoms with van der Waals surface area (Å²) in [7, 11) is 0. The summed E-state index contributed by atoms with van der Waals surface area (Å²) >= 11 is 0. The number of carbonyl (C=O) groups excluding carboxylic acids is 1. The number of amides is 1. The summed E-state index contributed by atoms with van der Waals surface area (Å²) in [6.45, 7) is 2.45. The average molecular weight is 351 g/mol. The number of rotatable bonds is 6. The molecule has 25 heavy (non-hydrogen) atoms. The lowest BCUT2D eigenvalue weighted by molar-refractivity contribution is -0.141. The number of nitrogens with zero attached hydrogens (tertiary/aromatic N) is 2. The van der Waals surface area contributed by atoms with E-state index in [1.807, 2.05) is 31.2 Å². The third kappa shape index (κ3) is 4.61. The lowest BCUT2D eigenvalue weighted by atomic mass is 10.1. The van der Waals surface area contributed by atoms with Crippen molar-refractivity contribution in [2.24, 2.45) is 0 Å². The normalized spacial score (nSPS) is 14.6. The fraction of sp³-hybridized carbons (Fsp3) is 0.444. The van der Waals surface area contributed by atoms with Crippen molar-refractivity contribution in [1.82, 2.24) is 15.1 Å². The Bertz CT molecular complexity index is 763. The summed E-state index contributed by atoms with van der Waals surface area (Å²) in [6, 6.07) is 8.79. The number of aromatic nitrogens is 2. The van der Waals surface area contributed by atoms with Crippen LogP contribution in [0.3, 0.4) is 0 Å². The molecule has 1 N–H and O–H groups in total. The Morgan fingerprint density at radius 2 is 2.08 bits per heavy atom. The van der Waals surface area contributed by atoms with Crippen LogP contribution in [0.5, 0.6) is 0 Å². The van der Waals surface area contributed by atoms with Crippen LogP contribution in [0.15, 0.2) is 30.3 Å². The van der Waals surface area contributed by atoms with Gasteiger partial charge >= 0.3 is 6.18 Å². The topological polar surface area (TPSA) is 46.9 Å². The second-order valence-corrected chi connectivity index (χ2v) is 6.47. The third-order valence-electron chi connectivity index (χ3n) is 4.19. The van der Waals surface area contributed by atoms with E-state index in [9.17, 15) is 18.0 Å². The van der Waals surface area contributed by atoms with Crippen molar-refractivity contribution in [3.8, 4) is 0 Å². The van der Waals surface area contributed by atoms with Crippen LogP contribution in [0.2, 0.25) is 0 Å². The molecule has 1 saturated carbocycles. The quantitative estimate of drug-likeness (QED) is 0.867. The zero-order valence-corrected chi connectivity index (χ0v) is 13.9. The van der Waals surface area contributed by atoms with Crippen molar-refractivity contribution in [2.45, 2.75) is 44.8 Å². The maximum absolute atomic E-state index is 12.8. The van der Waals surface area contributed by atoms with E-state index in [1.54, 1.807) is 0 Å². The first-order valence-electron chi connectivity index (χ1n) is 8.30. The Hall–Kier alpha value is -2.31. The molecule has 1 heterocycles. The van der Waals surface area contributed by atoms with E-state index in [4.69, 9.17) is 0 Å². The van der Waals surface area contributed by atoms with Crippen molar-refractivity contribution < 1.29 is 18.0 Å². The van der Waals surface area contributed by atoms with E-state index >= 15 is 0 Å². The molecule has 0 radical (unpaired) electrons. The maximum atomic E-state index is 12.8. The summed E-state index contributed by atoms with van der Waals surface area (Å²) in [5, 5.41) is 6.43. The molecular weight excluding hydrogens is 331 g/mol.